The minimum absolute atomic E-state index is 0.0835. The maximum absolute atomic E-state index is 13.3. The predicted octanol–water partition coefficient (Wildman–Crippen LogP) is 6.54. The molecule has 0 radical (unpaired) electrons. The molecule has 1 amide bonds. The fraction of sp³-hybridized carbons (Fsp3) is 0.167. The van der Waals surface area contributed by atoms with Crippen molar-refractivity contribution in [1.29, 1.82) is 0 Å². The van der Waals surface area contributed by atoms with E-state index in [2.05, 4.69) is 66.0 Å². The zero-order chi connectivity index (χ0) is 23.3. The second-order valence-corrected chi connectivity index (χ2v) is 8.63. The number of aryl methyl sites for hydroxylation is 1. The van der Waals surface area contributed by atoms with Crippen molar-refractivity contribution in [1.82, 2.24) is 9.88 Å². The highest BCUT2D eigenvalue weighted by Gasteiger charge is 2.20. The van der Waals surface area contributed by atoms with Crippen LogP contribution in [0, 0.1) is 6.92 Å². The zero-order valence-electron chi connectivity index (χ0n) is 19.3. The maximum Gasteiger partial charge on any atom is 0.268 e. The Morgan fingerprint density at radius 1 is 0.853 bits per heavy atom. The number of hydrogen-bond acceptors (Lipinski definition) is 2. The molecule has 0 aliphatic heterocycles. The molecule has 0 fully saturated rings. The Balaban J connectivity index is 1.35. The van der Waals surface area contributed by atoms with Crippen molar-refractivity contribution in [2.24, 2.45) is 0 Å². The van der Waals surface area contributed by atoms with Crippen LogP contribution in [0.1, 0.15) is 45.3 Å². The molecule has 1 N–H and O–H groups in total. The van der Waals surface area contributed by atoms with Crippen molar-refractivity contribution in [3.05, 3.63) is 131 Å². The van der Waals surface area contributed by atoms with E-state index in [1.165, 1.54) is 11.1 Å². The quantitative estimate of drug-likeness (QED) is 0.293. The molecule has 3 aromatic carbocycles. The predicted molar refractivity (Wildman–Crippen MR) is 136 cm³/mol. The van der Waals surface area contributed by atoms with Gasteiger partial charge in [0.2, 0.25) is 0 Å². The van der Waals surface area contributed by atoms with E-state index in [9.17, 15) is 4.79 Å². The normalized spacial score (nSPS) is 11.2. The molecule has 34 heavy (non-hydrogen) atoms. The van der Waals surface area contributed by atoms with Crippen molar-refractivity contribution in [3.63, 3.8) is 0 Å². The zero-order valence-corrected chi connectivity index (χ0v) is 19.3. The van der Waals surface area contributed by atoms with Crippen LogP contribution in [-0.4, -0.2) is 17.0 Å². The third kappa shape index (κ3) is 4.67. The molecule has 4 nitrogen and oxygen atoms in total. The highest BCUT2D eigenvalue weighted by atomic mass is 16.3. The van der Waals surface area contributed by atoms with E-state index in [0.717, 1.165) is 28.8 Å². The van der Waals surface area contributed by atoms with Gasteiger partial charge in [0, 0.05) is 31.1 Å². The molecule has 0 spiro atoms. The van der Waals surface area contributed by atoms with Gasteiger partial charge in [-0.15, -0.1) is 0 Å². The van der Waals surface area contributed by atoms with Crippen LogP contribution < -0.4 is 5.32 Å². The lowest BCUT2D eigenvalue weighted by atomic mass is 9.88. The topological polar surface area (TPSA) is 47.2 Å². The summed E-state index contributed by atoms with van der Waals surface area (Å²) in [5, 5.41) is 3.16. The monoisotopic (exact) mass is 448 g/mol. The van der Waals surface area contributed by atoms with E-state index in [1.807, 2.05) is 54.0 Å². The number of hydrogen-bond donors (Lipinski definition) is 1. The van der Waals surface area contributed by atoms with Gasteiger partial charge in [-0.25, -0.2) is 0 Å². The second kappa shape index (κ2) is 9.84. The first-order chi connectivity index (χ1) is 16.7. The molecule has 2 aromatic heterocycles. The van der Waals surface area contributed by atoms with Gasteiger partial charge in [0.1, 0.15) is 11.5 Å². The molecule has 0 atom stereocenters. The Morgan fingerprint density at radius 3 is 2.06 bits per heavy atom. The molecule has 0 aliphatic carbocycles. The number of fused-ring (bicyclic) bond motifs is 1. The van der Waals surface area contributed by atoms with Crippen LogP contribution in [0.25, 0.3) is 11.1 Å². The third-order valence-corrected chi connectivity index (χ3v) is 6.25. The van der Waals surface area contributed by atoms with Gasteiger partial charge in [0.25, 0.3) is 5.91 Å². The van der Waals surface area contributed by atoms with E-state index < -0.39 is 0 Å². The van der Waals surface area contributed by atoms with Crippen LogP contribution >= 0.6 is 0 Å². The van der Waals surface area contributed by atoms with Gasteiger partial charge in [-0.2, -0.15) is 0 Å². The van der Waals surface area contributed by atoms with E-state index in [-0.39, 0.29) is 11.8 Å². The minimum Gasteiger partial charge on any atom is -0.460 e. The molecule has 5 rings (SSSR count). The van der Waals surface area contributed by atoms with Crippen LogP contribution in [0.2, 0.25) is 0 Å². The summed E-state index contributed by atoms with van der Waals surface area (Å²) >= 11 is 0. The summed E-state index contributed by atoms with van der Waals surface area (Å²) < 4.78 is 7.88. The maximum atomic E-state index is 13.3. The second-order valence-electron chi connectivity index (χ2n) is 8.63. The molecule has 0 saturated heterocycles. The molecule has 2 heterocycles. The fourth-order valence-electron chi connectivity index (χ4n) is 4.61. The largest absolute Gasteiger partial charge is 0.460 e. The first-order valence-electron chi connectivity index (χ1n) is 11.7. The molecular formula is C30H28N2O2. The van der Waals surface area contributed by atoms with Crippen LogP contribution in [-0.2, 0) is 6.54 Å². The SMILES string of the molecule is Cc1cc2c(cc(C(=O)NCCC(c3ccccc3)c3ccccc3)n2Cc2ccccc2)o1. The fourth-order valence-corrected chi connectivity index (χ4v) is 4.61. The standard InChI is InChI=1S/C30H28N2O2/c1-22-19-27-29(34-22)20-28(32(27)21-23-11-5-2-6-12-23)30(33)31-18-17-26(24-13-7-3-8-14-24)25-15-9-4-10-16-25/h2-16,19-20,26H,17-18,21H2,1H3,(H,31,33). The van der Waals surface area contributed by atoms with Crippen molar-refractivity contribution in [3.8, 4) is 0 Å². The Hall–Kier alpha value is -4.05. The van der Waals surface area contributed by atoms with E-state index >= 15 is 0 Å². The molecule has 5 aromatic rings. The lowest BCUT2D eigenvalue weighted by Gasteiger charge is -2.19. The number of carbonyl (C=O) groups excluding carboxylic acids is 1. The Labute approximate surface area is 199 Å². The van der Waals surface area contributed by atoms with Crippen molar-refractivity contribution in [2.75, 3.05) is 6.54 Å². The number of rotatable bonds is 8. The average Bonchev–Trinajstić information content (AvgIpc) is 3.40. The first-order valence-corrected chi connectivity index (χ1v) is 11.7. The van der Waals surface area contributed by atoms with Crippen LogP contribution in [0.4, 0.5) is 0 Å². The summed E-state index contributed by atoms with van der Waals surface area (Å²) in [6, 6.07) is 35.0. The van der Waals surface area contributed by atoms with Gasteiger partial charge >= 0.3 is 0 Å². The van der Waals surface area contributed by atoms with Crippen LogP contribution in [0.5, 0.6) is 0 Å². The van der Waals surface area contributed by atoms with Gasteiger partial charge in [-0.05, 0) is 30.0 Å². The summed E-state index contributed by atoms with van der Waals surface area (Å²) in [5.74, 6) is 0.977. The number of carbonyl (C=O) groups is 1. The average molecular weight is 449 g/mol. The van der Waals surface area contributed by atoms with Crippen molar-refractivity contribution >= 4 is 17.0 Å². The number of nitrogens with zero attached hydrogens (tertiary/aromatic N) is 1. The van der Waals surface area contributed by atoms with Gasteiger partial charge in [0.15, 0.2) is 5.58 Å². The Morgan fingerprint density at radius 2 is 1.44 bits per heavy atom. The third-order valence-electron chi connectivity index (χ3n) is 6.25. The van der Waals surface area contributed by atoms with Gasteiger partial charge < -0.3 is 14.3 Å². The lowest BCUT2D eigenvalue weighted by Crippen LogP contribution is -2.28. The molecule has 170 valence electrons. The smallest absolute Gasteiger partial charge is 0.268 e. The molecular weight excluding hydrogens is 420 g/mol. The molecule has 0 saturated carbocycles. The van der Waals surface area contributed by atoms with Crippen LogP contribution in [0.15, 0.2) is 108 Å². The highest BCUT2D eigenvalue weighted by Crippen LogP contribution is 2.28. The Kier molecular flexibility index (Phi) is 6.30. The molecule has 0 unspecified atom stereocenters. The van der Waals surface area contributed by atoms with E-state index in [0.29, 0.717) is 18.8 Å². The number of amides is 1. The number of nitrogens with one attached hydrogen (secondary N) is 1. The molecule has 0 bridgehead atoms. The van der Waals surface area contributed by atoms with E-state index in [1.54, 1.807) is 0 Å². The summed E-state index contributed by atoms with van der Waals surface area (Å²) in [6.07, 6.45) is 0.814. The van der Waals surface area contributed by atoms with Gasteiger partial charge in [0.05, 0.1) is 5.52 Å². The molecule has 0 aliphatic rings. The highest BCUT2D eigenvalue weighted by molar-refractivity contribution is 5.97. The summed E-state index contributed by atoms with van der Waals surface area (Å²) in [5.41, 5.74) is 5.95. The lowest BCUT2D eigenvalue weighted by molar-refractivity contribution is 0.0944. The van der Waals surface area contributed by atoms with Crippen molar-refractivity contribution < 1.29 is 9.21 Å². The first kappa shape index (κ1) is 21.8. The summed E-state index contributed by atoms with van der Waals surface area (Å²) in [7, 11) is 0. The van der Waals surface area contributed by atoms with E-state index in [4.69, 9.17) is 4.42 Å². The van der Waals surface area contributed by atoms with Gasteiger partial charge in [-0.3, -0.25) is 4.79 Å². The van der Waals surface area contributed by atoms with Crippen LogP contribution in [0.3, 0.4) is 0 Å². The number of benzene rings is 3. The minimum atomic E-state index is -0.0835. The number of furan rings is 1. The number of aromatic nitrogens is 1. The summed E-state index contributed by atoms with van der Waals surface area (Å²) in [4.78, 5) is 13.3. The Bertz CT molecular complexity index is 1330. The summed E-state index contributed by atoms with van der Waals surface area (Å²) in [6.45, 7) is 3.12. The van der Waals surface area contributed by atoms with Crippen molar-refractivity contribution in [2.45, 2.75) is 25.8 Å². The molecule has 4 heteroatoms. The van der Waals surface area contributed by atoms with Gasteiger partial charge in [-0.1, -0.05) is 91.0 Å².